The first kappa shape index (κ1) is 14.9. The average Bonchev–Trinajstić information content (AvgIpc) is 2.59. The lowest BCUT2D eigenvalue weighted by Gasteiger charge is -2.32. The summed E-state index contributed by atoms with van der Waals surface area (Å²) in [7, 11) is 4.33. The molecule has 1 aliphatic heterocycles. The van der Waals surface area contributed by atoms with Crippen LogP contribution in [0.5, 0.6) is 0 Å². The van der Waals surface area contributed by atoms with Crippen LogP contribution in [-0.4, -0.2) is 63.2 Å². The summed E-state index contributed by atoms with van der Waals surface area (Å²) >= 11 is 0. The monoisotopic (exact) mass is 241 g/mol. The molecule has 0 radical (unpaired) electrons. The highest BCUT2D eigenvalue weighted by molar-refractivity contribution is 4.82. The Balaban J connectivity index is 2.29. The molecule has 0 bridgehead atoms. The highest BCUT2D eigenvalue weighted by Gasteiger charge is 2.28. The van der Waals surface area contributed by atoms with Gasteiger partial charge in [0.05, 0.1) is 0 Å². The molecule has 1 heterocycles. The third kappa shape index (κ3) is 5.84. The Morgan fingerprint density at radius 3 is 2.65 bits per heavy atom. The second-order valence-corrected chi connectivity index (χ2v) is 6.60. The molecule has 0 saturated carbocycles. The Morgan fingerprint density at radius 1 is 1.35 bits per heavy atom. The van der Waals surface area contributed by atoms with Crippen LogP contribution in [0.3, 0.4) is 0 Å². The smallest absolute Gasteiger partial charge is 0.00450 e. The van der Waals surface area contributed by atoms with Crippen LogP contribution < -0.4 is 5.32 Å². The van der Waals surface area contributed by atoms with Crippen LogP contribution in [0.1, 0.15) is 27.2 Å². The molecule has 1 fully saturated rings. The molecule has 1 saturated heterocycles. The maximum Gasteiger partial charge on any atom is 0.00450 e. The zero-order valence-corrected chi connectivity index (χ0v) is 12.4. The quantitative estimate of drug-likeness (QED) is 0.729. The number of likely N-dealkylation sites (tertiary alicyclic amines) is 1. The number of nitrogens with one attached hydrogen (secondary N) is 1. The Kier molecular flexibility index (Phi) is 5.90. The molecule has 1 aliphatic rings. The first-order chi connectivity index (χ1) is 7.93. The van der Waals surface area contributed by atoms with Crippen molar-refractivity contribution in [2.75, 3.05) is 53.4 Å². The van der Waals surface area contributed by atoms with Gasteiger partial charge >= 0.3 is 0 Å². The lowest BCUT2D eigenvalue weighted by Crippen LogP contribution is -2.39. The summed E-state index contributed by atoms with van der Waals surface area (Å²) in [5.74, 6) is 0.866. The third-order valence-corrected chi connectivity index (χ3v) is 3.45. The van der Waals surface area contributed by atoms with Crippen LogP contribution in [0.15, 0.2) is 0 Å². The van der Waals surface area contributed by atoms with Crippen molar-refractivity contribution < 1.29 is 0 Å². The fourth-order valence-corrected chi connectivity index (χ4v) is 3.08. The van der Waals surface area contributed by atoms with Crippen molar-refractivity contribution in [2.45, 2.75) is 27.2 Å². The van der Waals surface area contributed by atoms with Crippen LogP contribution in [0.25, 0.3) is 0 Å². The van der Waals surface area contributed by atoms with Gasteiger partial charge in [0.15, 0.2) is 0 Å². The molecule has 0 amide bonds. The van der Waals surface area contributed by atoms with Gasteiger partial charge < -0.3 is 15.1 Å². The fourth-order valence-electron chi connectivity index (χ4n) is 3.08. The molecule has 1 atom stereocenters. The Hall–Kier alpha value is -0.120. The molecule has 102 valence electrons. The van der Waals surface area contributed by atoms with E-state index < -0.39 is 0 Å². The van der Waals surface area contributed by atoms with Gasteiger partial charge in [0, 0.05) is 19.6 Å². The van der Waals surface area contributed by atoms with Gasteiger partial charge in [-0.05, 0) is 51.5 Å². The van der Waals surface area contributed by atoms with E-state index in [1.165, 1.54) is 39.1 Å². The Morgan fingerprint density at radius 2 is 2.06 bits per heavy atom. The van der Waals surface area contributed by atoms with Crippen molar-refractivity contribution >= 4 is 0 Å². The van der Waals surface area contributed by atoms with E-state index in [4.69, 9.17) is 0 Å². The van der Waals surface area contributed by atoms with Crippen LogP contribution in [0.4, 0.5) is 0 Å². The molecule has 17 heavy (non-hydrogen) atoms. The number of nitrogens with zero attached hydrogens (tertiary/aromatic N) is 2. The van der Waals surface area contributed by atoms with E-state index in [0.717, 1.165) is 12.5 Å². The molecule has 0 aromatic rings. The summed E-state index contributed by atoms with van der Waals surface area (Å²) in [6, 6.07) is 0. The molecule has 1 rings (SSSR count). The summed E-state index contributed by atoms with van der Waals surface area (Å²) in [6.07, 6.45) is 1.37. The average molecular weight is 241 g/mol. The summed E-state index contributed by atoms with van der Waals surface area (Å²) in [6.45, 7) is 14.2. The maximum atomic E-state index is 3.47. The Bertz CT molecular complexity index is 214. The lowest BCUT2D eigenvalue weighted by molar-refractivity contribution is 0.160. The molecule has 3 nitrogen and oxygen atoms in total. The highest BCUT2D eigenvalue weighted by atomic mass is 15.2. The predicted octanol–water partition coefficient (Wildman–Crippen LogP) is 1.51. The minimum atomic E-state index is 0.399. The molecule has 0 aromatic heterocycles. The van der Waals surface area contributed by atoms with Crippen LogP contribution in [-0.2, 0) is 0 Å². The molecule has 1 unspecified atom stereocenters. The number of hydrogen-bond acceptors (Lipinski definition) is 3. The zero-order valence-electron chi connectivity index (χ0n) is 12.4. The SMILES string of the molecule is CCNCC1CCN(CC(C)(C)CN(C)C)C1. The van der Waals surface area contributed by atoms with E-state index in [0.29, 0.717) is 5.41 Å². The second-order valence-electron chi connectivity index (χ2n) is 6.60. The summed E-state index contributed by atoms with van der Waals surface area (Å²) in [5.41, 5.74) is 0.399. The number of rotatable bonds is 7. The van der Waals surface area contributed by atoms with Crippen molar-refractivity contribution in [1.29, 1.82) is 0 Å². The van der Waals surface area contributed by atoms with Gasteiger partial charge in [0.2, 0.25) is 0 Å². The normalized spacial score (nSPS) is 22.6. The van der Waals surface area contributed by atoms with Gasteiger partial charge in [0.25, 0.3) is 0 Å². The first-order valence-corrected chi connectivity index (χ1v) is 7.01. The van der Waals surface area contributed by atoms with E-state index in [2.05, 4.69) is 50.0 Å². The van der Waals surface area contributed by atoms with Gasteiger partial charge in [0.1, 0.15) is 0 Å². The molecular weight excluding hydrogens is 210 g/mol. The molecule has 0 aliphatic carbocycles. The van der Waals surface area contributed by atoms with Gasteiger partial charge in [-0.25, -0.2) is 0 Å². The van der Waals surface area contributed by atoms with E-state index in [9.17, 15) is 0 Å². The van der Waals surface area contributed by atoms with Crippen molar-refractivity contribution in [3.05, 3.63) is 0 Å². The summed E-state index contributed by atoms with van der Waals surface area (Å²) < 4.78 is 0. The summed E-state index contributed by atoms with van der Waals surface area (Å²) in [5, 5.41) is 3.47. The van der Waals surface area contributed by atoms with Crippen LogP contribution in [0, 0.1) is 11.3 Å². The van der Waals surface area contributed by atoms with Gasteiger partial charge in [-0.15, -0.1) is 0 Å². The van der Waals surface area contributed by atoms with Crippen molar-refractivity contribution in [2.24, 2.45) is 11.3 Å². The van der Waals surface area contributed by atoms with E-state index in [-0.39, 0.29) is 0 Å². The molecular formula is C14H31N3. The van der Waals surface area contributed by atoms with Gasteiger partial charge in [-0.3, -0.25) is 0 Å². The molecule has 1 N–H and O–H groups in total. The van der Waals surface area contributed by atoms with E-state index >= 15 is 0 Å². The topological polar surface area (TPSA) is 18.5 Å². The van der Waals surface area contributed by atoms with Crippen LogP contribution >= 0.6 is 0 Å². The molecule has 0 aromatic carbocycles. The Labute approximate surface area is 108 Å². The highest BCUT2D eigenvalue weighted by Crippen LogP contribution is 2.23. The lowest BCUT2D eigenvalue weighted by atomic mass is 9.92. The third-order valence-electron chi connectivity index (χ3n) is 3.45. The van der Waals surface area contributed by atoms with Gasteiger partial charge in [-0.2, -0.15) is 0 Å². The van der Waals surface area contributed by atoms with Crippen LogP contribution in [0.2, 0.25) is 0 Å². The largest absolute Gasteiger partial charge is 0.317 e. The van der Waals surface area contributed by atoms with E-state index in [1.807, 2.05) is 0 Å². The van der Waals surface area contributed by atoms with Crippen molar-refractivity contribution in [1.82, 2.24) is 15.1 Å². The predicted molar refractivity (Wildman–Crippen MR) is 75.4 cm³/mol. The second kappa shape index (κ2) is 6.72. The number of hydrogen-bond donors (Lipinski definition) is 1. The minimum Gasteiger partial charge on any atom is -0.317 e. The fraction of sp³-hybridized carbons (Fsp3) is 1.00. The van der Waals surface area contributed by atoms with Crippen molar-refractivity contribution in [3.63, 3.8) is 0 Å². The summed E-state index contributed by atoms with van der Waals surface area (Å²) in [4.78, 5) is 4.94. The van der Waals surface area contributed by atoms with Crippen molar-refractivity contribution in [3.8, 4) is 0 Å². The zero-order chi connectivity index (χ0) is 12.9. The maximum absolute atomic E-state index is 3.47. The standard InChI is InChI=1S/C14H31N3/c1-6-15-9-13-7-8-17(10-13)12-14(2,3)11-16(4)5/h13,15H,6-12H2,1-5H3. The van der Waals surface area contributed by atoms with Gasteiger partial charge in [-0.1, -0.05) is 20.8 Å². The molecule has 3 heteroatoms. The minimum absolute atomic E-state index is 0.399. The first-order valence-electron chi connectivity index (χ1n) is 7.01. The molecule has 0 spiro atoms. The van der Waals surface area contributed by atoms with E-state index in [1.54, 1.807) is 0 Å².